The molecule has 1 N–H and O–H groups in total. The van der Waals surface area contributed by atoms with Crippen molar-refractivity contribution in [1.29, 1.82) is 0 Å². The molecule has 1 aromatic carbocycles. The lowest BCUT2D eigenvalue weighted by Crippen LogP contribution is -2.64. The van der Waals surface area contributed by atoms with E-state index in [9.17, 15) is 13.2 Å². The van der Waals surface area contributed by atoms with Gasteiger partial charge in [0.05, 0.1) is 0 Å². The van der Waals surface area contributed by atoms with E-state index in [1.54, 1.807) is 0 Å². The lowest BCUT2D eigenvalue weighted by molar-refractivity contribution is -0.274. The highest BCUT2D eigenvalue weighted by molar-refractivity contribution is 6.28. The van der Waals surface area contributed by atoms with Crippen molar-refractivity contribution in [1.82, 2.24) is 19.9 Å². The Morgan fingerprint density at radius 2 is 1.49 bits per heavy atom. The number of ether oxygens (including phenoxy) is 1. The molecule has 2 aromatic rings. The van der Waals surface area contributed by atoms with Gasteiger partial charge < -0.3 is 15.0 Å². The largest absolute Gasteiger partial charge is 0.573 e. The molecule has 5 fully saturated rings. The zero-order valence-electron chi connectivity index (χ0n) is 19.3. The molecule has 1 aliphatic heterocycles. The van der Waals surface area contributed by atoms with Crippen molar-refractivity contribution in [2.75, 3.05) is 36.4 Å². The molecule has 11 heteroatoms. The van der Waals surface area contributed by atoms with E-state index in [-0.39, 0.29) is 17.0 Å². The minimum Gasteiger partial charge on any atom is -0.406 e. The van der Waals surface area contributed by atoms with Crippen LogP contribution in [0.2, 0.25) is 5.28 Å². The van der Waals surface area contributed by atoms with Gasteiger partial charge in [-0.2, -0.15) is 15.0 Å². The Morgan fingerprint density at radius 1 is 0.886 bits per heavy atom. The molecule has 0 radical (unpaired) electrons. The molecule has 1 aromatic heterocycles. The number of rotatable bonds is 5. The fourth-order valence-electron chi connectivity index (χ4n) is 7.24. The van der Waals surface area contributed by atoms with Crippen molar-refractivity contribution in [3.63, 3.8) is 0 Å². The van der Waals surface area contributed by atoms with Crippen molar-refractivity contribution in [3.8, 4) is 5.75 Å². The van der Waals surface area contributed by atoms with E-state index in [0.29, 0.717) is 17.2 Å². The molecule has 0 unspecified atom stereocenters. The van der Waals surface area contributed by atoms with Gasteiger partial charge >= 0.3 is 6.36 Å². The van der Waals surface area contributed by atoms with Crippen molar-refractivity contribution in [2.24, 2.45) is 17.8 Å². The Kier molecular flexibility index (Phi) is 5.71. The van der Waals surface area contributed by atoms with Crippen LogP contribution in [0.15, 0.2) is 24.3 Å². The number of halogens is 4. The summed E-state index contributed by atoms with van der Waals surface area (Å²) >= 11 is 6.19. The average Bonchev–Trinajstić information content (AvgIpc) is 2.78. The summed E-state index contributed by atoms with van der Waals surface area (Å²) in [5.41, 5.74) is 0.908. The quantitative estimate of drug-likeness (QED) is 0.591. The van der Waals surface area contributed by atoms with E-state index < -0.39 is 6.36 Å². The van der Waals surface area contributed by atoms with Crippen LogP contribution in [0.4, 0.5) is 30.8 Å². The highest BCUT2D eigenvalue weighted by Gasteiger charge is 2.53. The molecule has 0 atom stereocenters. The first-order valence-corrected chi connectivity index (χ1v) is 12.7. The molecule has 188 valence electrons. The van der Waals surface area contributed by atoms with Gasteiger partial charge in [0.2, 0.25) is 17.2 Å². The highest BCUT2D eigenvalue weighted by atomic mass is 35.5. The summed E-state index contributed by atoms with van der Waals surface area (Å²) in [6.45, 7) is 3.62. The molecule has 7 rings (SSSR count). The van der Waals surface area contributed by atoms with Gasteiger partial charge in [-0.1, -0.05) is 0 Å². The maximum absolute atomic E-state index is 12.4. The summed E-state index contributed by atoms with van der Waals surface area (Å²) < 4.78 is 41.0. The SMILES string of the molecule is FC(F)(F)Oc1ccc(Nc2nc(Cl)nc(N3CCN(C45CC6CC(CC(C6)C4)C5)CC3)n2)cc1. The second-order valence-corrected chi connectivity index (χ2v) is 10.9. The summed E-state index contributed by atoms with van der Waals surface area (Å²) in [4.78, 5) is 17.9. The van der Waals surface area contributed by atoms with Gasteiger partial charge in [0, 0.05) is 37.4 Å². The van der Waals surface area contributed by atoms with Gasteiger partial charge in [-0.3, -0.25) is 4.90 Å². The fourth-order valence-corrected chi connectivity index (χ4v) is 7.39. The molecule has 1 saturated heterocycles. The number of nitrogens with zero attached hydrogens (tertiary/aromatic N) is 5. The number of nitrogens with one attached hydrogen (secondary N) is 1. The third-order valence-corrected chi connectivity index (χ3v) is 8.35. The Hall–Kier alpha value is -2.33. The van der Waals surface area contributed by atoms with Crippen LogP contribution in [0.3, 0.4) is 0 Å². The third-order valence-electron chi connectivity index (χ3n) is 8.18. The van der Waals surface area contributed by atoms with Crippen molar-refractivity contribution >= 4 is 29.2 Å². The summed E-state index contributed by atoms with van der Waals surface area (Å²) in [5.74, 6) is 3.22. The van der Waals surface area contributed by atoms with Crippen LogP contribution in [0.5, 0.6) is 5.75 Å². The van der Waals surface area contributed by atoms with Crippen LogP contribution >= 0.6 is 11.6 Å². The molecule has 4 aliphatic carbocycles. The van der Waals surface area contributed by atoms with Gasteiger partial charge in [-0.05, 0) is 92.1 Å². The number of hydrogen-bond donors (Lipinski definition) is 1. The monoisotopic (exact) mass is 508 g/mol. The maximum atomic E-state index is 12.4. The van der Waals surface area contributed by atoms with E-state index in [0.717, 1.165) is 43.9 Å². The molecule has 0 amide bonds. The zero-order valence-corrected chi connectivity index (χ0v) is 20.0. The van der Waals surface area contributed by atoms with E-state index >= 15 is 0 Å². The van der Waals surface area contributed by atoms with Crippen molar-refractivity contribution in [2.45, 2.75) is 50.4 Å². The predicted octanol–water partition coefficient (Wildman–Crippen LogP) is 5.26. The number of alkyl halides is 3. The molecule has 7 nitrogen and oxygen atoms in total. The van der Waals surface area contributed by atoms with Gasteiger partial charge in [0.25, 0.3) is 0 Å². The van der Waals surface area contributed by atoms with E-state index in [1.165, 1.54) is 62.8 Å². The Labute approximate surface area is 207 Å². The van der Waals surface area contributed by atoms with Crippen LogP contribution in [-0.4, -0.2) is 57.9 Å². The molecule has 4 saturated carbocycles. The van der Waals surface area contributed by atoms with Crippen LogP contribution in [0.25, 0.3) is 0 Å². The van der Waals surface area contributed by atoms with Gasteiger partial charge in [-0.15, -0.1) is 13.2 Å². The summed E-state index contributed by atoms with van der Waals surface area (Å²) in [7, 11) is 0. The molecule has 2 heterocycles. The molecular formula is C24H28ClF3N6O. The average molecular weight is 509 g/mol. The highest BCUT2D eigenvalue weighted by Crippen LogP contribution is 2.57. The fraction of sp³-hybridized carbons (Fsp3) is 0.625. The van der Waals surface area contributed by atoms with E-state index in [1.807, 2.05) is 0 Å². The van der Waals surface area contributed by atoms with Crippen LogP contribution < -0.4 is 15.0 Å². The van der Waals surface area contributed by atoms with Crippen molar-refractivity contribution in [3.05, 3.63) is 29.5 Å². The van der Waals surface area contributed by atoms with Gasteiger partial charge in [-0.25, -0.2) is 0 Å². The number of hydrogen-bond acceptors (Lipinski definition) is 7. The van der Waals surface area contributed by atoms with E-state index in [2.05, 4.69) is 34.8 Å². The minimum atomic E-state index is -4.73. The third kappa shape index (κ3) is 4.87. The number of piperazine rings is 1. The Morgan fingerprint density at radius 3 is 2.06 bits per heavy atom. The minimum absolute atomic E-state index is 0.0676. The normalized spacial score (nSPS) is 30.5. The topological polar surface area (TPSA) is 66.4 Å². The zero-order chi connectivity index (χ0) is 24.2. The van der Waals surface area contributed by atoms with E-state index in [4.69, 9.17) is 11.6 Å². The first kappa shape index (κ1) is 23.1. The predicted molar refractivity (Wildman–Crippen MR) is 126 cm³/mol. The second kappa shape index (κ2) is 8.65. The number of anilines is 3. The lowest BCUT2D eigenvalue weighted by Gasteiger charge is -2.61. The second-order valence-electron chi connectivity index (χ2n) is 10.5. The Balaban J connectivity index is 1.11. The smallest absolute Gasteiger partial charge is 0.406 e. The molecule has 5 aliphatic rings. The molecular weight excluding hydrogens is 481 g/mol. The van der Waals surface area contributed by atoms with Crippen LogP contribution in [0, 0.1) is 17.8 Å². The van der Waals surface area contributed by atoms with Gasteiger partial charge in [0.15, 0.2) is 0 Å². The first-order chi connectivity index (χ1) is 16.7. The summed E-state index contributed by atoms with van der Waals surface area (Å²) in [6.07, 6.45) is 3.67. The van der Waals surface area contributed by atoms with Gasteiger partial charge in [0.1, 0.15) is 5.75 Å². The lowest BCUT2D eigenvalue weighted by atomic mass is 9.52. The van der Waals surface area contributed by atoms with Crippen LogP contribution in [0.1, 0.15) is 38.5 Å². The Bertz CT molecular complexity index is 1040. The summed E-state index contributed by atoms with van der Waals surface area (Å²) in [6, 6.07) is 5.37. The number of benzene rings is 1. The molecule has 35 heavy (non-hydrogen) atoms. The molecule has 4 bridgehead atoms. The van der Waals surface area contributed by atoms with Crippen molar-refractivity contribution < 1.29 is 17.9 Å². The molecule has 0 spiro atoms. The number of aromatic nitrogens is 3. The maximum Gasteiger partial charge on any atom is 0.573 e. The van der Waals surface area contributed by atoms with Crippen LogP contribution in [-0.2, 0) is 0 Å². The standard InChI is InChI=1S/C24H28ClF3N6O/c25-20-30-21(29-18-1-3-19(4-2-18)35-24(26,27)28)32-22(31-20)33-5-7-34(8-6-33)23-12-15-9-16(13-23)11-17(10-15)14-23/h1-4,15-17H,5-14H2,(H,29,30,31,32). The first-order valence-electron chi connectivity index (χ1n) is 12.3. The summed E-state index contributed by atoms with van der Waals surface area (Å²) in [5, 5.41) is 3.06.